The summed E-state index contributed by atoms with van der Waals surface area (Å²) in [7, 11) is 0. The fourth-order valence-electron chi connectivity index (χ4n) is 1.05. The monoisotopic (exact) mass is 252 g/mol. The first kappa shape index (κ1) is 10.7. The van der Waals surface area contributed by atoms with Gasteiger partial charge in [0.25, 0.3) is 0 Å². The highest BCUT2D eigenvalue weighted by atomic mass is 79.9. The molecule has 1 rings (SSSR count). The molecule has 0 aliphatic heterocycles. The number of hydrogen-bond donors (Lipinski definition) is 1. The molecule has 72 valence electrons. The van der Waals surface area contributed by atoms with Crippen LogP contribution in [0.1, 0.15) is 12.5 Å². The second-order valence-corrected chi connectivity index (χ2v) is 3.76. The van der Waals surface area contributed by atoms with Gasteiger partial charge in [0.15, 0.2) is 0 Å². The van der Waals surface area contributed by atoms with Crippen LogP contribution in [0.5, 0.6) is 5.75 Å². The molecule has 0 saturated carbocycles. The maximum absolute atomic E-state index is 9.27. The van der Waals surface area contributed by atoms with E-state index in [1.165, 1.54) is 0 Å². The topological polar surface area (TPSA) is 56.4 Å². The lowest BCUT2D eigenvalue weighted by Gasteiger charge is -2.04. The molecule has 4 heteroatoms. The Labute approximate surface area is 90.8 Å². The number of phenols is 1. The largest absolute Gasteiger partial charge is 0.508 e. The fraction of sp³-hybridized carbons (Fsp3) is 0.200. The molecule has 0 bridgehead atoms. The number of halogens is 1. The molecule has 3 nitrogen and oxygen atoms in total. The van der Waals surface area contributed by atoms with Gasteiger partial charge in [-0.25, -0.2) is 4.99 Å². The van der Waals surface area contributed by atoms with Gasteiger partial charge < -0.3 is 5.11 Å². The van der Waals surface area contributed by atoms with Crippen molar-refractivity contribution in [2.45, 2.75) is 13.8 Å². The molecule has 1 aromatic carbocycles. The number of nitriles is 1. The Balaban J connectivity index is 3.30. The summed E-state index contributed by atoms with van der Waals surface area (Å²) < 4.78 is 0.685. The van der Waals surface area contributed by atoms with Gasteiger partial charge in [-0.05, 0) is 47.5 Å². The van der Waals surface area contributed by atoms with Crippen molar-refractivity contribution in [3.8, 4) is 11.8 Å². The highest BCUT2D eigenvalue weighted by Gasteiger charge is 2.05. The zero-order chi connectivity index (χ0) is 10.7. The predicted octanol–water partition coefficient (Wildman–Crippen LogP) is 3.08. The summed E-state index contributed by atoms with van der Waals surface area (Å²) in [6, 6.07) is 5.11. The van der Waals surface area contributed by atoms with Crippen molar-refractivity contribution in [1.82, 2.24) is 0 Å². The van der Waals surface area contributed by atoms with Crippen molar-refractivity contribution in [3.63, 3.8) is 0 Å². The molecule has 0 aliphatic carbocycles. The minimum Gasteiger partial charge on any atom is -0.508 e. The molecule has 0 unspecified atom stereocenters. The third-order valence-electron chi connectivity index (χ3n) is 1.68. The van der Waals surface area contributed by atoms with Gasteiger partial charge >= 0.3 is 0 Å². The average molecular weight is 253 g/mol. The average Bonchev–Trinajstić information content (AvgIpc) is 2.10. The van der Waals surface area contributed by atoms with E-state index in [-0.39, 0.29) is 5.75 Å². The van der Waals surface area contributed by atoms with E-state index in [0.29, 0.717) is 15.9 Å². The lowest BCUT2D eigenvalue weighted by atomic mass is 10.2. The number of rotatable bonds is 1. The molecule has 1 N–H and O–H groups in total. The number of benzene rings is 1. The summed E-state index contributed by atoms with van der Waals surface area (Å²) in [5.41, 5.74) is 1.90. The summed E-state index contributed by atoms with van der Waals surface area (Å²) >= 11 is 3.28. The molecule has 0 heterocycles. The summed E-state index contributed by atoms with van der Waals surface area (Å²) in [6.07, 6.45) is 0. The predicted molar refractivity (Wildman–Crippen MR) is 58.9 cm³/mol. The smallest absolute Gasteiger partial charge is 0.117 e. The molecule has 0 radical (unpaired) electrons. The minimum atomic E-state index is 0.183. The standard InChI is InChI=1S/C10H9BrN2O/c1-6-3-8(14)4-9(11)10(6)13-7(2)5-12/h3-4,14H,1-2H3. The van der Waals surface area contributed by atoms with Gasteiger partial charge in [0.2, 0.25) is 0 Å². The van der Waals surface area contributed by atoms with Crippen LogP contribution < -0.4 is 0 Å². The van der Waals surface area contributed by atoms with Crippen LogP contribution in [-0.2, 0) is 0 Å². The van der Waals surface area contributed by atoms with Crippen molar-refractivity contribution in [1.29, 1.82) is 5.26 Å². The maximum atomic E-state index is 9.27. The second-order valence-electron chi connectivity index (χ2n) is 2.90. The molecule has 0 aromatic heterocycles. The van der Waals surface area contributed by atoms with Gasteiger partial charge in [0.05, 0.1) is 5.69 Å². The molecule has 1 aromatic rings. The summed E-state index contributed by atoms with van der Waals surface area (Å²) in [4.78, 5) is 4.12. The number of hydrogen-bond acceptors (Lipinski definition) is 3. The summed E-state index contributed by atoms with van der Waals surface area (Å²) in [5.74, 6) is 0.183. The summed E-state index contributed by atoms with van der Waals surface area (Å²) in [5, 5.41) is 17.9. The van der Waals surface area contributed by atoms with Crippen LogP contribution in [0.15, 0.2) is 21.6 Å². The van der Waals surface area contributed by atoms with E-state index in [4.69, 9.17) is 5.26 Å². The van der Waals surface area contributed by atoms with Gasteiger partial charge in [-0.15, -0.1) is 0 Å². The van der Waals surface area contributed by atoms with Gasteiger partial charge in [0.1, 0.15) is 17.5 Å². The Bertz CT molecular complexity index is 409. The highest BCUT2D eigenvalue weighted by molar-refractivity contribution is 9.10. The molecule has 14 heavy (non-hydrogen) atoms. The quantitative estimate of drug-likeness (QED) is 0.782. The van der Waals surface area contributed by atoms with Crippen LogP contribution >= 0.6 is 15.9 Å². The van der Waals surface area contributed by atoms with E-state index in [1.54, 1.807) is 19.1 Å². The van der Waals surface area contributed by atoms with Gasteiger partial charge in [-0.3, -0.25) is 0 Å². The first-order valence-corrected chi connectivity index (χ1v) is 4.78. The SMILES string of the molecule is CC(C#N)=Nc1c(C)cc(O)cc1Br. The number of aromatic hydroxyl groups is 1. The lowest BCUT2D eigenvalue weighted by Crippen LogP contribution is -1.85. The third kappa shape index (κ3) is 2.33. The lowest BCUT2D eigenvalue weighted by molar-refractivity contribution is 0.474. The molecular weight excluding hydrogens is 244 g/mol. The zero-order valence-corrected chi connectivity index (χ0v) is 9.46. The number of aryl methyl sites for hydroxylation is 1. The van der Waals surface area contributed by atoms with Crippen molar-refractivity contribution < 1.29 is 5.11 Å². The Kier molecular flexibility index (Phi) is 3.26. The van der Waals surface area contributed by atoms with Crippen LogP contribution in [0.25, 0.3) is 0 Å². The van der Waals surface area contributed by atoms with E-state index in [9.17, 15) is 5.11 Å². The van der Waals surface area contributed by atoms with Gasteiger partial charge in [-0.1, -0.05) is 0 Å². The fourth-order valence-corrected chi connectivity index (χ4v) is 1.69. The Morgan fingerprint density at radius 1 is 1.57 bits per heavy atom. The molecule has 0 amide bonds. The first-order chi connectivity index (χ1) is 6.54. The Morgan fingerprint density at radius 3 is 2.71 bits per heavy atom. The second kappa shape index (κ2) is 4.25. The van der Waals surface area contributed by atoms with E-state index >= 15 is 0 Å². The first-order valence-electron chi connectivity index (χ1n) is 3.99. The van der Waals surface area contributed by atoms with Gasteiger partial charge in [0, 0.05) is 4.47 Å². The molecule has 0 aliphatic rings. The molecule has 0 fully saturated rings. The maximum Gasteiger partial charge on any atom is 0.117 e. The molecule has 0 saturated heterocycles. The number of nitrogens with zero attached hydrogens (tertiary/aromatic N) is 2. The highest BCUT2D eigenvalue weighted by Crippen LogP contribution is 2.33. The Hall–Kier alpha value is -1.34. The minimum absolute atomic E-state index is 0.183. The van der Waals surface area contributed by atoms with Crippen LogP contribution in [0.2, 0.25) is 0 Å². The number of aliphatic imine (C=N–C) groups is 1. The van der Waals surface area contributed by atoms with Crippen LogP contribution in [0.4, 0.5) is 5.69 Å². The number of phenolic OH excluding ortho intramolecular Hbond substituents is 1. The molecule has 0 spiro atoms. The van der Waals surface area contributed by atoms with Crippen LogP contribution in [0.3, 0.4) is 0 Å². The third-order valence-corrected chi connectivity index (χ3v) is 2.28. The van der Waals surface area contributed by atoms with Crippen molar-refractivity contribution >= 4 is 27.3 Å². The molecular formula is C10H9BrN2O. The van der Waals surface area contributed by atoms with Crippen molar-refractivity contribution in [2.75, 3.05) is 0 Å². The van der Waals surface area contributed by atoms with E-state index in [0.717, 1.165) is 5.56 Å². The van der Waals surface area contributed by atoms with E-state index in [2.05, 4.69) is 20.9 Å². The Morgan fingerprint density at radius 2 is 2.21 bits per heavy atom. The van der Waals surface area contributed by atoms with Crippen molar-refractivity contribution in [2.24, 2.45) is 4.99 Å². The summed E-state index contributed by atoms with van der Waals surface area (Å²) in [6.45, 7) is 3.46. The zero-order valence-electron chi connectivity index (χ0n) is 7.87. The van der Waals surface area contributed by atoms with E-state index in [1.807, 2.05) is 13.0 Å². The normalized spacial score (nSPS) is 11.1. The molecule has 0 atom stereocenters. The van der Waals surface area contributed by atoms with Gasteiger partial charge in [-0.2, -0.15) is 5.26 Å². The van der Waals surface area contributed by atoms with Crippen molar-refractivity contribution in [3.05, 3.63) is 22.2 Å². The van der Waals surface area contributed by atoms with Crippen LogP contribution in [-0.4, -0.2) is 10.8 Å². The van der Waals surface area contributed by atoms with Crippen LogP contribution in [0, 0.1) is 18.3 Å². The van der Waals surface area contributed by atoms with E-state index < -0.39 is 0 Å².